The Labute approximate surface area is 124 Å². The topological polar surface area (TPSA) is 52.0 Å². The Morgan fingerprint density at radius 1 is 1.25 bits per heavy atom. The number of ether oxygens (including phenoxy) is 1. The lowest BCUT2D eigenvalue weighted by Gasteiger charge is -2.10. The summed E-state index contributed by atoms with van der Waals surface area (Å²) >= 11 is 1.82. The molecule has 0 bridgehead atoms. The van der Waals surface area contributed by atoms with Gasteiger partial charge in [-0.2, -0.15) is 0 Å². The Balaban J connectivity index is 1.39. The van der Waals surface area contributed by atoms with E-state index >= 15 is 0 Å². The highest BCUT2D eigenvalue weighted by atomic mass is 32.2. The SMILES string of the molecule is C1CCc2nnc(SCCNCC3CCCO3)n2CC1. The third-order valence-electron chi connectivity index (χ3n) is 3.98. The summed E-state index contributed by atoms with van der Waals surface area (Å²) < 4.78 is 7.92. The van der Waals surface area contributed by atoms with Gasteiger partial charge in [-0.25, -0.2) is 0 Å². The molecule has 1 fully saturated rings. The first-order valence-electron chi connectivity index (χ1n) is 7.80. The van der Waals surface area contributed by atoms with Crippen molar-refractivity contribution in [3.05, 3.63) is 5.82 Å². The van der Waals surface area contributed by atoms with Crippen LogP contribution in [0.3, 0.4) is 0 Å². The summed E-state index contributed by atoms with van der Waals surface area (Å²) in [6.07, 6.45) is 7.78. The predicted octanol–water partition coefficient (Wildman–Crippen LogP) is 1.87. The second kappa shape index (κ2) is 7.43. The third-order valence-corrected chi connectivity index (χ3v) is 4.95. The number of aryl methyl sites for hydroxylation is 1. The summed E-state index contributed by atoms with van der Waals surface area (Å²) in [5.74, 6) is 2.22. The molecule has 1 aromatic heterocycles. The van der Waals surface area contributed by atoms with Crippen molar-refractivity contribution in [2.75, 3.05) is 25.4 Å². The fourth-order valence-corrected chi connectivity index (χ4v) is 3.73. The van der Waals surface area contributed by atoms with Crippen LogP contribution in [0, 0.1) is 0 Å². The normalized spacial score (nSPS) is 22.7. The van der Waals surface area contributed by atoms with Crippen LogP contribution in [0.25, 0.3) is 0 Å². The molecule has 1 N–H and O–H groups in total. The standard InChI is InChI=1S/C14H24N4OS/c1-2-6-13-16-17-14(18(13)8-3-1)20-10-7-15-11-12-5-4-9-19-12/h12,15H,1-11H2. The lowest BCUT2D eigenvalue weighted by molar-refractivity contribution is 0.110. The van der Waals surface area contributed by atoms with Gasteiger partial charge >= 0.3 is 0 Å². The maximum absolute atomic E-state index is 5.60. The van der Waals surface area contributed by atoms with E-state index in [1.165, 1.54) is 37.9 Å². The van der Waals surface area contributed by atoms with Crippen LogP contribution < -0.4 is 5.32 Å². The molecule has 2 aliphatic heterocycles. The maximum Gasteiger partial charge on any atom is 0.191 e. The van der Waals surface area contributed by atoms with Gasteiger partial charge in [0.2, 0.25) is 0 Å². The van der Waals surface area contributed by atoms with Crippen LogP contribution in [-0.4, -0.2) is 46.3 Å². The second-order valence-electron chi connectivity index (χ2n) is 5.55. The summed E-state index contributed by atoms with van der Waals surface area (Å²) in [5.41, 5.74) is 0. The first-order chi connectivity index (χ1) is 9.93. The van der Waals surface area contributed by atoms with Gasteiger partial charge in [-0.3, -0.25) is 0 Å². The summed E-state index contributed by atoms with van der Waals surface area (Å²) in [5, 5.41) is 13.2. The fourth-order valence-electron chi connectivity index (χ4n) is 2.85. The number of thioether (sulfide) groups is 1. The molecule has 1 aromatic rings. The number of fused-ring (bicyclic) bond motifs is 1. The number of rotatable bonds is 6. The monoisotopic (exact) mass is 296 g/mol. The van der Waals surface area contributed by atoms with E-state index in [0.29, 0.717) is 6.10 Å². The van der Waals surface area contributed by atoms with Crippen molar-refractivity contribution in [2.45, 2.75) is 56.3 Å². The zero-order valence-electron chi connectivity index (χ0n) is 12.0. The molecule has 0 saturated carbocycles. The zero-order chi connectivity index (χ0) is 13.6. The van der Waals surface area contributed by atoms with Gasteiger partial charge < -0.3 is 14.6 Å². The summed E-state index contributed by atoms with van der Waals surface area (Å²) in [7, 11) is 0. The van der Waals surface area contributed by atoms with E-state index in [1.54, 1.807) is 0 Å². The Bertz CT molecular complexity index is 417. The highest BCUT2D eigenvalue weighted by Gasteiger charge is 2.16. The number of hydrogen-bond donors (Lipinski definition) is 1. The molecular weight excluding hydrogens is 272 g/mol. The van der Waals surface area contributed by atoms with Crippen molar-refractivity contribution in [3.8, 4) is 0 Å². The largest absolute Gasteiger partial charge is 0.377 e. The van der Waals surface area contributed by atoms with Gasteiger partial charge in [0.1, 0.15) is 5.82 Å². The molecule has 0 radical (unpaired) electrons. The maximum atomic E-state index is 5.60. The zero-order valence-corrected chi connectivity index (χ0v) is 12.8. The van der Waals surface area contributed by atoms with Crippen LogP contribution in [-0.2, 0) is 17.7 Å². The van der Waals surface area contributed by atoms with Gasteiger partial charge in [0.05, 0.1) is 6.10 Å². The minimum atomic E-state index is 0.435. The fraction of sp³-hybridized carbons (Fsp3) is 0.857. The minimum Gasteiger partial charge on any atom is -0.377 e. The first kappa shape index (κ1) is 14.4. The quantitative estimate of drug-likeness (QED) is 0.641. The van der Waals surface area contributed by atoms with Gasteiger partial charge in [0.15, 0.2) is 5.16 Å². The van der Waals surface area contributed by atoms with E-state index < -0.39 is 0 Å². The number of aromatic nitrogens is 3. The molecule has 0 spiro atoms. The Morgan fingerprint density at radius 2 is 2.25 bits per heavy atom. The van der Waals surface area contributed by atoms with Gasteiger partial charge in [-0.15, -0.1) is 10.2 Å². The van der Waals surface area contributed by atoms with Crippen LogP contribution in [0.1, 0.15) is 37.9 Å². The number of hydrogen-bond acceptors (Lipinski definition) is 5. The molecule has 0 amide bonds. The van der Waals surface area contributed by atoms with Gasteiger partial charge in [-0.1, -0.05) is 18.2 Å². The molecule has 0 aliphatic carbocycles. The lowest BCUT2D eigenvalue weighted by Crippen LogP contribution is -2.28. The number of nitrogens with one attached hydrogen (secondary N) is 1. The summed E-state index contributed by atoms with van der Waals surface area (Å²) in [6, 6.07) is 0. The van der Waals surface area contributed by atoms with Crippen molar-refractivity contribution in [3.63, 3.8) is 0 Å². The average Bonchev–Trinajstić information content (AvgIpc) is 3.04. The molecule has 6 heteroatoms. The van der Waals surface area contributed by atoms with Crippen LogP contribution in [0.4, 0.5) is 0 Å². The minimum absolute atomic E-state index is 0.435. The van der Waals surface area contributed by atoms with E-state index in [2.05, 4.69) is 20.1 Å². The van der Waals surface area contributed by atoms with E-state index in [-0.39, 0.29) is 0 Å². The van der Waals surface area contributed by atoms with Crippen molar-refractivity contribution >= 4 is 11.8 Å². The van der Waals surface area contributed by atoms with Crippen molar-refractivity contribution in [1.82, 2.24) is 20.1 Å². The lowest BCUT2D eigenvalue weighted by atomic mass is 10.2. The molecule has 1 atom stereocenters. The number of nitrogens with zero attached hydrogens (tertiary/aromatic N) is 3. The van der Waals surface area contributed by atoms with Gasteiger partial charge in [0.25, 0.3) is 0 Å². The van der Waals surface area contributed by atoms with Crippen molar-refractivity contribution in [1.29, 1.82) is 0 Å². The molecule has 112 valence electrons. The van der Waals surface area contributed by atoms with Crippen LogP contribution in [0.2, 0.25) is 0 Å². The van der Waals surface area contributed by atoms with E-state index in [0.717, 1.165) is 43.6 Å². The Hall–Kier alpha value is -0.590. The van der Waals surface area contributed by atoms with Crippen molar-refractivity contribution < 1.29 is 4.74 Å². The highest BCUT2D eigenvalue weighted by Crippen LogP contribution is 2.21. The highest BCUT2D eigenvalue weighted by molar-refractivity contribution is 7.99. The summed E-state index contributed by atoms with van der Waals surface area (Å²) in [4.78, 5) is 0. The van der Waals surface area contributed by atoms with E-state index in [4.69, 9.17) is 4.74 Å². The van der Waals surface area contributed by atoms with Crippen molar-refractivity contribution in [2.24, 2.45) is 0 Å². The molecule has 5 nitrogen and oxygen atoms in total. The van der Waals surface area contributed by atoms with Gasteiger partial charge in [-0.05, 0) is 25.7 Å². The Kier molecular flexibility index (Phi) is 5.33. The molecule has 1 saturated heterocycles. The molecule has 3 heterocycles. The molecular formula is C14H24N4OS. The van der Waals surface area contributed by atoms with Crippen LogP contribution in [0.5, 0.6) is 0 Å². The Morgan fingerprint density at radius 3 is 3.15 bits per heavy atom. The van der Waals surface area contributed by atoms with Gasteiger partial charge in [0, 0.05) is 38.4 Å². The predicted molar refractivity (Wildman–Crippen MR) is 80.1 cm³/mol. The molecule has 3 rings (SSSR count). The van der Waals surface area contributed by atoms with Crippen LogP contribution in [0.15, 0.2) is 5.16 Å². The third kappa shape index (κ3) is 3.74. The molecule has 20 heavy (non-hydrogen) atoms. The molecule has 0 aromatic carbocycles. The van der Waals surface area contributed by atoms with Crippen LogP contribution >= 0.6 is 11.8 Å². The van der Waals surface area contributed by atoms with E-state index in [9.17, 15) is 0 Å². The second-order valence-corrected chi connectivity index (χ2v) is 6.61. The summed E-state index contributed by atoms with van der Waals surface area (Å²) in [6.45, 7) is 4.02. The van der Waals surface area contributed by atoms with E-state index in [1.807, 2.05) is 11.8 Å². The molecule has 2 aliphatic rings. The first-order valence-corrected chi connectivity index (χ1v) is 8.79. The smallest absolute Gasteiger partial charge is 0.191 e. The average molecular weight is 296 g/mol. The molecule has 1 unspecified atom stereocenters.